The Morgan fingerprint density at radius 3 is 2.83 bits per heavy atom. The van der Waals surface area contributed by atoms with Crippen molar-refractivity contribution in [1.29, 1.82) is 0 Å². The van der Waals surface area contributed by atoms with Gasteiger partial charge in [-0.1, -0.05) is 0 Å². The minimum Gasteiger partial charge on any atom is -0.381 e. The Labute approximate surface area is 105 Å². The summed E-state index contributed by atoms with van der Waals surface area (Å²) in [5, 5.41) is 1.07. The van der Waals surface area contributed by atoms with E-state index >= 15 is 0 Å². The van der Waals surface area contributed by atoms with E-state index in [2.05, 4.69) is 4.98 Å². The number of fused-ring (bicyclic) bond motifs is 1. The van der Waals surface area contributed by atoms with Crippen LogP contribution in [0.5, 0.6) is 0 Å². The van der Waals surface area contributed by atoms with Crippen LogP contribution in [0.25, 0.3) is 10.9 Å². The summed E-state index contributed by atoms with van der Waals surface area (Å²) in [6.45, 7) is 2.08. The lowest BCUT2D eigenvalue weighted by molar-refractivity contribution is 0.0534. The topological polar surface area (TPSA) is 51.0 Å². The first-order chi connectivity index (χ1) is 8.75. The molecule has 3 N–H and O–H groups in total. The molecule has 3 rings (SSSR count). The van der Waals surface area contributed by atoms with Gasteiger partial charge in [-0.3, -0.25) is 0 Å². The van der Waals surface area contributed by atoms with E-state index in [1.165, 1.54) is 17.7 Å². The lowest BCUT2D eigenvalue weighted by atomic mass is 9.74. The number of hydrogen-bond donors (Lipinski definition) is 2. The third-order valence-corrected chi connectivity index (χ3v) is 4.06. The number of ether oxygens (including phenoxy) is 1. The zero-order valence-corrected chi connectivity index (χ0v) is 10.2. The molecule has 1 aliphatic heterocycles. The van der Waals surface area contributed by atoms with E-state index in [0.717, 1.165) is 37.0 Å². The predicted octanol–water partition coefficient (Wildman–Crippen LogP) is 2.31. The van der Waals surface area contributed by atoms with Gasteiger partial charge in [-0.05, 0) is 36.6 Å². The van der Waals surface area contributed by atoms with Gasteiger partial charge in [0, 0.05) is 42.3 Å². The van der Waals surface area contributed by atoms with Gasteiger partial charge < -0.3 is 15.5 Å². The number of benzene rings is 1. The quantitative estimate of drug-likeness (QED) is 0.857. The summed E-state index contributed by atoms with van der Waals surface area (Å²) in [7, 11) is 0. The van der Waals surface area contributed by atoms with Gasteiger partial charge in [0.05, 0.1) is 0 Å². The van der Waals surface area contributed by atoms with Gasteiger partial charge in [0.1, 0.15) is 5.82 Å². The number of aromatic nitrogens is 1. The van der Waals surface area contributed by atoms with Gasteiger partial charge in [-0.15, -0.1) is 0 Å². The summed E-state index contributed by atoms with van der Waals surface area (Å²) in [4.78, 5) is 3.15. The zero-order valence-electron chi connectivity index (χ0n) is 10.2. The van der Waals surface area contributed by atoms with E-state index in [0.29, 0.717) is 6.54 Å². The van der Waals surface area contributed by atoms with E-state index in [-0.39, 0.29) is 11.2 Å². The number of halogens is 1. The first-order valence-electron chi connectivity index (χ1n) is 6.30. The number of aromatic amines is 1. The number of nitrogens with two attached hydrogens (primary N) is 1. The van der Waals surface area contributed by atoms with Crippen LogP contribution in [0.15, 0.2) is 24.4 Å². The summed E-state index contributed by atoms with van der Waals surface area (Å²) in [6, 6.07) is 4.87. The molecule has 1 aromatic carbocycles. The molecule has 1 aliphatic rings. The highest BCUT2D eigenvalue weighted by atomic mass is 19.1. The average molecular weight is 248 g/mol. The highest BCUT2D eigenvalue weighted by molar-refractivity contribution is 5.84. The van der Waals surface area contributed by atoms with Crippen LogP contribution in [-0.2, 0) is 10.2 Å². The number of nitrogens with one attached hydrogen (secondary N) is 1. The van der Waals surface area contributed by atoms with E-state index < -0.39 is 0 Å². The molecule has 0 bridgehead atoms. The van der Waals surface area contributed by atoms with Crippen LogP contribution in [-0.4, -0.2) is 24.7 Å². The van der Waals surface area contributed by atoms with Crippen LogP contribution in [0.3, 0.4) is 0 Å². The molecule has 0 saturated carbocycles. The average Bonchev–Trinajstić information content (AvgIpc) is 2.83. The fourth-order valence-electron chi connectivity index (χ4n) is 2.88. The number of hydrogen-bond acceptors (Lipinski definition) is 2. The normalized spacial score (nSPS) is 19.2. The molecule has 0 spiro atoms. The first-order valence-corrected chi connectivity index (χ1v) is 6.30. The van der Waals surface area contributed by atoms with Crippen molar-refractivity contribution in [3.05, 3.63) is 35.8 Å². The molecule has 0 radical (unpaired) electrons. The van der Waals surface area contributed by atoms with Crippen molar-refractivity contribution in [2.24, 2.45) is 5.73 Å². The summed E-state index contributed by atoms with van der Waals surface area (Å²) in [5.41, 5.74) is 8.01. The van der Waals surface area contributed by atoms with Crippen molar-refractivity contribution in [3.63, 3.8) is 0 Å². The minimum atomic E-state index is -0.218. The predicted molar refractivity (Wildman–Crippen MR) is 69.0 cm³/mol. The maximum atomic E-state index is 13.2. The van der Waals surface area contributed by atoms with E-state index in [1.807, 2.05) is 12.3 Å². The second-order valence-corrected chi connectivity index (χ2v) is 4.99. The lowest BCUT2D eigenvalue weighted by Gasteiger charge is -2.36. The van der Waals surface area contributed by atoms with Crippen molar-refractivity contribution < 1.29 is 9.13 Å². The first kappa shape index (κ1) is 11.7. The molecule has 1 aromatic heterocycles. The highest BCUT2D eigenvalue weighted by Crippen LogP contribution is 2.38. The Morgan fingerprint density at radius 1 is 1.33 bits per heavy atom. The molecule has 1 fully saturated rings. The highest BCUT2D eigenvalue weighted by Gasteiger charge is 2.35. The van der Waals surface area contributed by atoms with E-state index in [9.17, 15) is 4.39 Å². The molecule has 96 valence electrons. The summed E-state index contributed by atoms with van der Waals surface area (Å²) >= 11 is 0. The number of rotatable bonds is 2. The minimum absolute atomic E-state index is 0.0334. The number of H-pyrrole nitrogens is 1. The molecule has 18 heavy (non-hydrogen) atoms. The van der Waals surface area contributed by atoms with Gasteiger partial charge in [-0.2, -0.15) is 0 Å². The van der Waals surface area contributed by atoms with Crippen LogP contribution in [0.1, 0.15) is 18.4 Å². The van der Waals surface area contributed by atoms with Gasteiger partial charge in [0.2, 0.25) is 0 Å². The van der Waals surface area contributed by atoms with Crippen LogP contribution in [0.2, 0.25) is 0 Å². The van der Waals surface area contributed by atoms with Crippen LogP contribution < -0.4 is 5.73 Å². The second kappa shape index (κ2) is 4.37. The van der Waals surface area contributed by atoms with Gasteiger partial charge in [0.15, 0.2) is 0 Å². The molecule has 1 saturated heterocycles. The van der Waals surface area contributed by atoms with Crippen LogP contribution in [0, 0.1) is 5.82 Å². The molecule has 0 amide bonds. The monoisotopic (exact) mass is 248 g/mol. The summed E-state index contributed by atoms with van der Waals surface area (Å²) in [5.74, 6) is -0.218. The molecule has 0 atom stereocenters. The third kappa shape index (κ3) is 1.72. The Hall–Kier alpha value is -1.39. The largest absolute Gasteiger partial charge is 0.381 e. The van der Waals surface area contributed by atoms with Crippen LogP contribution >= 0.6 is 0 Å². The van der Waals surface area contributed by atoms with Crippen molar-refractivity contribution in [1.82, 2.24) is 4.98 Å². The van der Waals surface area contributed by atoms with Crippen molar-refractivity contribution in [3.8, 4) is 0 Å². The SMILES string of the molecule is NCC1(c2c[nH]c3cc(F)ccc23)CCOCC1. The van der Waals surface area contributed by atoms with Gasteiger partial charge in [0.25, 0.3) is 0 Å². The van der Waals surface area contributed by atoms with Crippen molar-refractivity contribution >= 4 is 10.9 Å². The maximum Gasteiger partial charge on any atom is 0.125 e. The van der Waals surface area contributed by atoms with E-state index in [1.54, 1.807) is 0 Å². The smallest absolute Gasteiger partial charge is 0.125 e. The Kier molecular flexibility index (Phi) is 2.84. The standard InChI is InChI=1S/C14H17FN2O/c15-10-1-2-11-12(8-17-13(11)7-10)14(9-16)3-5-18-6-4-14/h1-2,7-8,17H,3-6,9,16H2. The summed E-state index contributed by atoms with van der Waals surface area (Å²) in [6.07, 6.45) is 3.82. The third-order valence-electron chi connectivity index (χ3n) is 4.06. The molecule has 4 heteroatoms. The molecule has 0 aliphatic carbocycles. The van der Waals surface area contributed by atoms with Crippen molar-refractivity contribution in [2.75, 3.05) is 19.8 Å². The van der Waals surface area contributed by atoms with E-state index in [4.69, 9.17) is 10.5 Å². The molecule has 3 nitrogen and oxygen atoms in total. The fourth-order valence-corrected chi connectivity index (χ4v) is 2.88. The molecule has 2 heterocycles. The zero-order chi connectivity index (χ0) is 12.6. The molecular formula is C14H17FN2O. The fraction of sp³-hybridized carbons (Fsp3) is 0.429. The lowest BCUT2D eigenvalue weighted by Crippen LogP contribution is -2.40. The Morgan fingerprint density at radius 2 is 2.11 bits per heavy atom. The Balaban J connectivity index is 2.12. The molecule has 0 unspecified atom stereocenters. The molecular weight excluding hydrogens is 231 g/mol. The van der Waals surface area contributed by atoms with Gasteiger partial charge >= 0.3 is 0 Å². The summed E-state index contributed by atoms with van der Waals surface area (Å²) < 4.78 is 18.6. The second-order valence-electron chi connectivity index (χ2n) is 4.99. The Bertz CT molecular complexity index is 558. The maximum absolute atomic E-state index is 13.2. The van der Waals surface area contributed by atoms with Crippen LogP contribution in [0.4, 0.5) is 4.39 Å². The molecule has 2 aromatic rings. The van der Waals surface area contributed by atoms with Gasteiger partial charge in [-0.25, -0.2) is 4.39 Å². The van der Waals surface area contributed by atoms with Crippen molar-refractivity contribution in [2.45, 2.75) is 18.3 Å².